The highest BCUT2D eigenvalue weighted by Crippen LogP contribution is 2.42. The molecule has 0 saturated heterocycles. The van der Waals surface area contributed by atoms with Crippen LogP contribution >= 0.6 is 0 Å². The topological polar surface area (TPSA) is 162 Å². The largest absolute Gasteiger partial charge is 0.586 e. The van der Waals surface area contributed by atoms with E-state index >= 15 is 0 Å². The van der Waals surface area contributed by atoms with Crippen molar-refractivity contribution in [1.82, 2.24) is 4.98 Å². The number of carbonyl (C=O) groups excluding carboxylic acids is 5. The van der Waals surface area contributed by atoms with Gasteiger partial charge in [-0.1, -0.05) is 12.1 Å². The third-order valence-corrected chi connectivity index (χ3v) is 6.55. The lowest BCUT2D eigenvalue weighted by atomic mass is 10.1. The first-order chi connectivity index (χ1) is 22.5. The van der Waals surface area contributed by atoms with Crippen LogP contribution in [0.5, 0.6) is 11.5 Å². The molecule has 3 aromatic rings. The van der Waals surface area contributed by atoms with Gasteiger partial charge in [0.1, 0.15) is 5.82 Å². The number of halogens is 2. The van der Waals surface area contributed by atoms with Crippen molar-refractivity contribution < 1.29 is 51.7 Å². The zero-order valence-corrected chi connectivity index (χ0v) is 25.5. The molecule has 248 valence electrons. The van der Waals surface area contributed by atoms with Crippen LogP contribution in [0.15, 0.2) is 60.8 Å². The van der Waals surface area contributed by atoms with Gasteiger partial charge in [0.15, 0.2) is 11.5 Å². The number of amides is 3. The highest BCUT2D eigenvalue weighted by Gasteiger charge is 2.43. The average Bonchev–Trinajstić information content (AvgIpc) is 3.35. The number of hydrogen-bond donors (Lipinski definition) is 2. The van der Waals surface area contributed by atoms with Crippen LogP contribution in [0.2, 0.25) is 0 Å². The second-order valence-corrected chi connectivity index (χ2v) is 9.94. The van der Waals surface area contributed by atoms with Gasteiger partial charge in [0.25, 0.3) is 5.91 Å². The van der Waals surface area contributed by atoms with Crippen molar-refractivity contribution in [3.8, 4) is 11.5 Å². The molecule has 0 bridgehead atoms. The van der Waals surface area contributed by atoms with Gasteiger partial charge in [0, 0.05) is 43.0 Å². The van der Waals surface area contributed by atoms with Gasteiger partial charge in [-0.3, -0.25) is 24.0 Å². The van der Waals surface area contributed by atoms with E-state index in [1.807, 2.05) is 0 Å². The maximum absolute atomic E-state index is 13.4. The number of imide groups is 1. The third-order valence-electron chi connectivity index (χ3n) is 6.55. The number of fused-ring (bicyclic) bond motifs is 1. The Hall–Kier alpha value is -5.60. The van der Waals surface area contributed by atoms with Crippen LogP contribution in [0.3, 0.4) is 0 Å². The van der Waals surface area contributed by atoms with Crippen LogP contribution in [0.1, 0.15) is 55.5 Å². The predicted octanol–water partition coefficient (Wildman–Crippen LogP) is 4.81. The molecule has 0 unspecified atom stereocenters. The van der Waals surface area contributed by atoms with Gasteiger partial charge < -0.3 is 29.6 Å². The maximum atomic E-state index is 13.4. The second kappa shape index (κ2) is 15.6. The molecule has 15 heteroatoms. The minimum Gasteiger partial charge on any atom is -0.466 e. The van der Waals surface area contributed by atoms with Crippen molar-refractivity contribution in [3.05, 3.63) is 71.9 Å². The van der Waals surface area contributed by atoms with Crippen molar-refractivity contribution in [3.63, 3.8) is 0 Å². The van der Waals surface area contributed by atoms with E-state index in [0.717, 1.165) is 4.90 Å². The Morgan fingerprint density at radius 2 is 1.47 bits per heavy atom. The number of alkyl halides is 2. The molecule has 1 aliphatic rings. The summed E-state index contributed by atoms with van der Waals surface area (Å²) in [5.41, 5.74) is 1.42. The van der Waals surface area contributed by atoms with Crippen LogP contribution in [0, 0.1) is 0 Å². The number of para-hydroxylation sites is 1. The quantitative estimate of drug-likeness (QED) is 0.229. The number of benzene rings is 2. The lowest BCUT2D eigenvalue weighted by Crippen LogP contribution is -2.38. The number of nitrogens with zero attached hydrogens (tertiary/aromatic N) is 2. The van der Waals surface area contributed by atoms with Crippen LogP contribution in [-0.4, -0.2) is 54.2 Å². The smallest absolute Gasteiger partial charge is 0.466 e. The molecule has 0 aliphatic carbocycles. The normalized spacial score (nSPS) is 12.5. The fourth-order valence-corrected chi connectivity index (χ4v) is 4.45. The molecule has 0 spiro atoms. The van der Waals surface area contributed by atoms with Gasteiger partial charge in [-0.25, -0.2) is 9.88 Å². The zero-order chi connectivity index (χ0) is 34.0. The molecule has 4 rings (SSSR count). The van der Waals surface area contributed by atoms with E-state index in [1.165, 1.54) is 30.5 Å². The standard InChI is InChI=1S/C32H32F2N4O9/c1-3-44-29(41)13-11-27(39)38(28(40)12-14-30(42)45-4-2)26-17-20(15-16-35-26)19-36-23-8-6-5-7-22(23)31(43)37-21-9-10-24-25(18-21)47-32(33,34)46-24/h5-10,15-18,36H,3-4,11-14,19H2,1-2H3,(H,37,43). The minimum atomic E-state index is -3.79. The minimum absolute atomic E-state index is 0.0218. The van der Waals surface area contributed by atoms with Gasteiger partial charge in [-0.15, -0.1) is 8.78 Å². The average molecular weight is 655 g/mol. The molecule has 47 heavy (non-hydrogen) atoms. The summed E-state index contributed by atoms with van der Waals surface area (Å²) in [5, 5.41) is 5.78. The maximum Gasteiger partial charge on any atom is 0.586 e. The number of carbonyl (C=O) groups is 5. The Bertz CT molecular complexity index is 1620. The Morgan fingerprint density at radius 1 is 0.830 bits per heavy atom. The van der Waals surface area contributed by atoms with E-state index in [0.29, 0.717) is 11.3 Å². The predicted molar refractivity (Wildman–Crippen MR) is 163 cm³/mol. The first-order valence-electron chi connectivity index (χ1n) is 14.7. The summed E-state index contributed by atoms with van der Waals surface area (Å²) in [6, 6.07) is 13.5. The molecular formula is C32H32F2N4O9. The highest BCUT2D eigenvalue weighted by molar-refractivity contribution is 6.15. The number of hydrogen-bond acceptors (Lipinski definition) is 11. The Labute approximate surface area is 268 Å². The molecule has 3 amide bonds. The molecule has 1 aliphatic heterocycles. The van der Waals surface area contributed by atoms with E-state index in [1.54, 1.807) is 44.2 Å². The lowest BCUT2D eigenvalue weighted by Gasteiger charge is -2.21. The zero-order valence-electron chi connectivity index (χ0n) is 25.5. The molecule has 0 fully saturated rings. The summed E-state index contributed by atoms with van der Waals surface area (Å²) >= 11 is 0. The molecule has 2 heterocycles. The molecule has 0 atom stereocenters. The van der Waals surface area contributed by atoms with Gasteiger partial charge in [0.2, 0.25) is 11.8 Å². The Morgan fingerprint density at radius 3 is 2.13 bits per heavy atom. The third kappa shape index (κ3) is 9.45. The Balaban J connectivity index is 1.47. The summed E-state index contributed by atoms with van der Waals surface area (Å²) in [6.45, 7) is 3.66. The molecule has 13 nitrogen and oxygen atoms in total. The fourth-order valence-electron chi connectivity index (χ4n) is 4.45. The van der Waals surface area contributed by atoms with E-state index in [-0.39, 0.29) is 74.0 Å². The molecule has 2 aromatic carbocycles. The summed E-state index contributed by atoms with van der Waals surface area (Å²) in [4.78, 5) is 68.2. The number of rotatable bonds is 14. The molecule has 0 saturated carbocycles. The molecular weight excluding hydrogens is 622 g/mol. The molecule has 0 radical (unpaired) electrons. The van der Waals surface area contributed by atoms with E-state index < -0.39 is 36.0 Å². The number of aromatic nitrogens is 1. The number of anilines is 3. The van der Waals surface area contributed by atoms with Gasteiger partial charge >= 0.3 is 18.2 Å². The van der Waals surface area contributed by atoms with Crippen molar-refractivity contribution in [2.24, 2.45) is 0 Å². The number of ether oxygens (including phenoxy) is 4. The molecule has 2 N–H and O–H groups in total. The first kappa shape index (κ1) is 34.3. The number of nitrogens with one attached hydrogen (secondary N) is 2. The van der Waals surface area contributed by atoms with Gasteiger partial charge in [-0.05, 0) is 55.8 Å². The Kier molecular flexibility index (Phi) is 11.4. The highest BCUT2D eigenvalue weighted by atomic mass is 19.3. The van der Waals surface area contributed by atoms with E-state index in [9.17, 15) is 32.8 Å². The van der Waals surface area contributed by atoms with Crippen LogP contribution in [0.25, 0.3) is 0 Å². The van der Waals surface area contributed by atoms with Crippen LogP contribution < -0.4 is 25.0 Å². The van der Waals surface area contributed by atoms with Crippen molar-refractivity contribution in [2.75, 3.05) is 28.7 Å². The second-order valence-electron chi connectivity index (χ2n) is 9.94. The van der Waals surface area contributed by atoms with Crippen LogP contribution in [-0.2, 0) is 35.2 Å². The molecule has 1 aromatic heterocycles. The first-order valence-corrected chi connectivity index (χ1v) is 14.7. The lowest BCUT2D eigenvalue weighted by molar-refractivity contribution is -0.286. The summed E-state index contributed by atoms with van der Waals surface area (Å²) in [7, 11) is 0. The van der Waals surface area contributed by atoms with Crippen molar-refractivity contribution in [2.45, 2.75) is 52.4 Å². The monoisotopic (exact) mass is 654 g/mol. The fraction of sp³-hybridized carbons (Fsp3) is 0.312. The SMILES string of the molecule is CCOC(=O)CCC(=O)N(C(=O)CCC(=O)OCC)c1cc(CNc2ccccc2C(=O)Nc2ccc3c(c2)OC(F)(F)O3)ccn1. The van der Waals surface area contributed by atoms with Gasteiger partial charge in [-0.2, -0.15) is 0 Å². The van der Waals surface area contributed by atoms with Crippen molar-refractivity contribution in [1.29, 1.82) is 0 Å². The number of pyridine rings is 1. The van der Waals surface area contributed by atoms with Gasteiger partial charge in [0.05, 0.1) is 31.6 Å². The van der Waals surface area contributed by atoms with Crippen LogP contribution in [0.4, 0.5) is 26.0 Å². The summed E-state index contributed by atoms with van der Waals surface area (Å²) < 4.78 is 45.4. The summed E-state index contributed by atoms with van der Waals surface area (Å²) in [6.07, 6.45) is -3.58. The number of esters is 2. The van der Waals surface area contributed by atoms with Crippen molar-refractivity contribution >= 4 is 46.9 Å². The van der Waals surface area contributed by atoms with E-state index in [4.69, 9.17) is 9.47 Å². The van der Waals surface area contributed by atoms with E-state index in [2.05, 4.69) is 25.1 Å². The summed E-state index contributed by atoms with van der Waals surface area (Å²) in [5.74, 6) is -3.57.